The SMILES string of the molecule is CCOC(=O)c1ccccc1NC(=O)c1cnc(N2CCN(C)CC2)nc1. The number of nitrogens with one attached hydrogen (secondary N) is 1. The van der Waals surface area contributed by atoms with Crippen LogP contribution in [0.4, 0.5) is 11.6 Å². The molecular formula is C19H23N5O3. The summed E-state index contributed by atoms with van der Waals surface area (Å²) in [6, 6.07) is 6.73. The molecule has 2 heterocycles. The zero-order chi connectivity index (χ0) is 19.2. The number of piperazine rings is 1. The van der Waals surface area contributed by atoms with Gasteiger partial charge in [-0.2, -0.15) is 0 Å². The van der Waals surface area contributed by atoms with Gasteiger partial charge in [0.25, 0.3) is 5.91 Å². The summed E-state index contributed by atoms with van der Waals surface area (Å²) in [5.41, 5.74) is 1.03. The molecule has 8 heteroatoms. The van der Waals surface area contributed by atoms with Gasteiger partial charge in [-0.1, -0.05) is 12.1 Å². The van der Waals surface area contributed by atoms with Crippen molar-refractivity contribution in [2.24, 2.45) is 0 Å². The zero-order valence-corrected chi connectivity index (χ0v) is 15.5. The smallest absolute Gasteiger partial charge is 0.340 e. The number of para-hydroxylation sites is 1. The summed E-state index contributed by atoms with van der Waals surface area (Å²) in [5.74, 6) is -0.238. The first-order chi connectivity index (χ1) is 13.1. The Bertz CT molecular complexity index is 801. The molecule has 1 aliphatic heterocycles. The van der Waals surface area contributed by atoms with Crippen LogP contribution in [0.2, 0.25) is 0 Å². The Labute approximate surface area is 158 Å². The number of hydrogen-bond donors (Lipinski definition) is 1. The zero-order valence-electron chi connectivity index (χ0n) is 15.5. The first-order valence-corrected chi connectivity index (χ1v) is 8.91. The van der Waals surface area contributed by atoms with Crippen molar-refractivity contribution < 1.29 is 14.3 Å². The molecule has 0 radical (unpaired) electrons. The molecule has 8 nitrogen and oxygen atoms in total. The Morgan fingerprint density at radius 1 is 1.11 bits per heavy atom. The van der Waals surface area contributed by atoms with Crippen LogP contribution < -0.4 is 10.2 Å². The van der Waals surface area contributed by atoms with Crippen molar-refractivity contribution in [2.75, 3.05) is 50.1 Å². The summed E-state index contributed by atoms with van der Waals surface area (Å²) < 4.78 is 5.02. The lowest BCUT2D eigenvalue weighted by atomic mass is 10.1. The minimum Gasteiger partial charge on any atom is -0.462 e. The third kappa shape index (κ3) is 4.59. The molecule has 1 N–H and O–H groups in total. The maximum absolute atomic E-state index is 12.5. The van der Waals surface area contributed by atoms with Gasteiger partial charge in [-0.3, -0.25) is 4.79 Å². The van der Waals surface area contributed by atoms with Gasteiger partial charge in [0, 0.05) is 38.6 Å². The fourth-order valence-corrected chi connectivity index (χ4v) is 2.78. The number of rotatable bonds is 5. The molecule has 0 saturated carbocycles. The molecule has 27 heavy (non-hydrogen) atoms. The topological polar surface area (TPSA) is 87.7 Å². The van der Waals surface area contributed by atoms with Crippen LogP contribution in [-0.4, -0.2) is 66.6 Å². The minimum absolute atomic E-state index is 0.267. The van der Waals surface area contributed by atoms with E-state index in [0.717, 1.165) is 26.2 Å². The highest BCUT2D eigenvalue weighted by molar-refractivity contribution is 6.07. The number of likely N-dealkylation sites (N-methyl/N-ethyl adjacent to an activating group) is 1. The van der Waals surface area contributed by atoms with Gasteiger partial charge >= 0.3 is 5.97 Å². The lowest BCUT2D eigenvalue weighted by molar-refractivity contribution is 0.0527. The highest BCUT2D eigenvalue weighted by Gasteiger charge is 2.18. The third-order valence-corrected chi connectivity index (χ3v) is 4.36. The molecule has 0 spiro atoms. The van der Waals surface area contributed by atoms with Gasteiger partial charge in [-0.05, 0) is 26.1 Å². The average molecular weight is 369 g/mol. The van der Waals surface area contributed by atoms with E-state index >= 15 is 0 Å². The second kappa shape index (κ2) is 8.59. The highest BCUT2D eigenvalue weighted by atomic mass is 16.5. The van der Waals surface area contributed by atoms with Crippen molar-refractivity contribution >= 4 is 23.5 Å². The van der Waals surface area contributed by atoms with Crippen LogP contribution in [0.25, 0.3) is 0 Å². The number of nitrogens with zero attached hydrogens (tertiary/aromatic N) is 4. The lowest BCUT2D eigenvalue weighted by Crippen LogP contribution is -2.45. The normalized spacial score (nSPS) is 14.7. The first-order valence-electron chi connectivity index (χ1n) is 8.91. The number of benzene rings is 1. The number of hydrogen-bond acceptors (Lipinski definition) is 7. The van der Waals surface area contributed by atoms with Gasteiger partial charge in [0.1, 0.15) is 0 Å². The van der Waals surface area contributed by atoms with Crippen molar-refractivity contribution in [3.63, 3.8) is 0 Å². The van der Waals surface area contributed by atoms with Crippen LogP contribution in [0.15, 0.2) is 36.7 Å². The number of carbonyl (C=O) groups excluding carboxylic acids is 2. The van der Waals surface area contributed by atoms with E-state index in [4.69, 9.17) is 4.74 Å². The molecule has 1 aromatic carbocycles. The Morgan fingerprint density at radius 3 is 2.44 bits per heavy atom. The van der Waals surface area contributed by atoms with Crippen molar-refractivity contribution in [3.8, 4) is 0 Å². The van der Waals surface area contributed by atoms with Crippen LogP contribution >= 0.6 is 0 Å². The first kappa shape index (κ1) is 18.8. The number of anilines is 2. The lowest BCUT2D eigenvalue weighted by Gasteiger charge is -2.32. The van der Waals surface area contributed by atoms with Crippen LogP contribution in [0.5, 0.6) is 0 Å². The summed E-state index contributed by atoms with van der Waals surface area (Å²) in [6.45, 7) is 5.62. The van der Waals surface area contributed by atoms with E-state index in [-0.39, 0.29) is 12.5 Å². The standard InChI is InChI=1S/C19H23N5O3/c1-3-27-18(26)15-6-4-5-7-16(15)22-17(25)14-12-20-19(21-13-14)24-10-8-23(2)9-11-24/h4-7,12-13H,3,8-11H2,1-2H3,(H,22,25). The quantitative estimate of drug-likeness (QED) is 0.802. The predicted octanol–water partition coefficient (Wildman–Crippen LogP) is 1.66. The van der Waals surface area contributed by atoms with Crippen molar-refractivity contribution in [2.45, 2.75) is 6.92 Å². The number of carbonyl (C=O) groups is 2. The number of amides is 1. The minimum atomic E-state index is -0.477. The number of ether oxygens (including phenoxy) is 1. The average Bonchev–Trinajstić information content (AvgIpc) is 2.69. The summed E-state index contributed by atoms with van der Waals surface area (Å²) in [7, 11) is 2.08. The Kier molecular flexibility index (Phi) is 5.97. The molecule has 0 aliphatic carbocycles. The van der Waals surface area contributed by atoms with E-state index in [2.05, 4.69) is 32.1 Å². The summed E-state index contributed by atoms with van der Waals surface area (Å²) in [5, 5.41) is 2.73. The second-order valence-electron chi connectivity index (χ2n) is 6.28. The van der Waals surface area contributed by atoms with E-state index in [1.54, 1.807) is 31.2 Å². The summed E-state index contributed by atoms with van der Waals surface area (Å²) in [6.07, 6.45) is 3.01. The third-order valence-electron chi connectivity index (χ3n) is 4.36. The maximum Gasteiger partial charge on any atom is 0.340 e. The molecule has 0 unspecified atom stereocenters. The van der Waals surface area contributed by atoms with E-state index in [0.29, 0.717) is 22.8 Å². The molecule has 0 bridgehead atoms. The van der Waals surface area contributed by atoms with E-state index in [1.807, 2.05) is 0 Å². The largest absolute Gasteiger partial charge is 0.462 e. The molecule has 2 aromatic rings. The molecule has 1 aromatic heterocycles. The van der Waals surface area contributed by atoms with Crippen molar-refractivity contribution in [1.29, 1.82) is 0 Å². The van der Waals surface area contributed by atoms with Crippen molar-refractivity contribution in [1.82, 2.24) is 14.9 Å². The van der Waals surface area contributed by atoms with Crippen LogP contribution in [0.1, 0.15) is 27.6 Å². The molecule has 1 fully saturated rings. The van der Waals surface area contributed by atoms with Crippen LogP contribution in [0.3, 0.4) is 0 Å². The summed E-state index contributed by atoms with van der Waals surface area (Å²) in [4.78, 5) is 37.5. The van der Waals surface area contributed by atoms with Gasteiger partial charge in [0.2, 0.25) is 5.95 Å². The molecule has 142 valence electrons. The Morgan fingerprint density at radius 2 is 1.78 bits per heavy atom. The van der Waals surface area contributed by atoms with Gasteiger partial charge in [-0.25, -0.2) is 14.8 Å². The molecule has 1 saturated heterocycles. The fourth-order valence-electron chi connectivity index (χ4n) is 2.78. The van der Waals surface area contributed by atoms with E-state index in [9.17, 15) is 9.59 Å². The molecule has 0 atom stereocenters. The van der Waals surface area contributed by atoms with Crippen LogP contribution in [0, 0.1) is 0 Å². The Balaban J connectivity index is 1.69. The molecule has 1 aliphatic rings. The number of esters is 1. The van der Waals surface area contributed by atoms with Gasteiger partial charge in [0.05, 0.1) is 23.4 Å². The molecule has 3 rings (SSSR count). The van der Waals surface area contributed by atoms with Crippen molar-refractivity contribution in [3.05, 3.63) is 47.8 Å². The monoisotopic (exact) mass is 369 g/mol. The number of aromatic nitrogens is 2. The second-order valence-corrected chi connectivity index (χ2v) is 6.28. The predicted molar refractivity (Wildman–Crippen MR) is 102 cm³/mol. The van der Waals surface area contributed by atoms with Gasteiger partial charge in [0.15, 0.2) is 0 Å². The van der Waals surface area contributed by atoms with Gasteiger partial charge in [-0.15, -0.1) is 0 Å². The van der Waals surface area contributed by atoms with E-state index < -0.39 is 5.97 Å². The maximum atomic E-state index is 12.5. The van der Waals surface area contributed by atoms with E-state index in [1.165, 1.54) is 12.4 Å². The highest BCUT2D eigenvalue weighted by Crippen LogP contribution is 2.18. The van der Waals surface area contributed by atoms with Gasteiger partial charge < -0.3 is 19.9 Å². The molecular weight excluding hydrogens is 346 g/mol. The fraction of sp³-hybridized carbons (Fsp3) is 0.368. The molecule has 1 amide bonds. The van der Waals surface area contributed by atoms with Crippen LogP contribution in [-0.2, 0) is 4.74 Å². The Hall–Kier alpha value is -3.00. The summed E-state index contributed by atoms with van der Waals surface area (Å²) >= 11 is 0.